The van der Waals surface area contributed by atoms with Crippen LogP contribution in [0.4, 0.5) is 10.1 Å². The Balaban J connectivity index is 2.82. The number of hydrogen-bond acceptors (Lipinski definition) is 4. The smallest absolute Gasteiger partial charge is 0.327 e. The van der Waals surface area contributed by atoms with Crippen molar-refractivity contribution in [3.63, 3.8) is 0 Å². The number of likely N-dealkylation sites (N-methyl/N-ethyl adjacent to an activating group) is 2. The summed E-state index contributed by atoms with van der Waals surface area (Å²) < 4.78 is 17.6. The van der Waals surface area contributed by atoms with Crippen LogP contribution < -0.4 is 10.2 Å². The second-order valence-corrected chi connectivity index (χ2v) is 4.41. The third-order valence-corrected chi connectivity index (χ3v) is 3.01. The van der Waals surface area contributed by atoms with Crippen LogP contribution in [-0.4, -0.2) is 39.3 Å². The number of methoxy groups -OCH3 is 1. The Morgan fingerprint density at radius 1 is 1.44 bits per heavy atom. The van der Waals surface area contributed by atoms with Crippen LogP contribution in [0.3, 0.4) is 0 Å². The molecule has 1 aromatic carbocycles. The van der Waals surface area contributed by atoms with E-state index in [4.69, 9.17) is 4.74 Å². The van der Waals surface area contributed by atoms with E-state index < -0.39 is 5.54 Å². The normalized spacial score (nSPS) is 13.8. The number of carbonyl (C=O) groups excluding carboxylic acids is 1. The third-order valence-electron chi connectivity index (χ3n) is 3.01. The lowest BCUT2D eigenvalue weighted by molar-refractivity contribution is -0.147. The highest BCUT2D eigenvalue weighted by atomic mass is 19.1. The molecule has 0 aliphatic carbocycles. The zero-order valence-corrected chi connectivity index (χ0v) is 11.2. The summed E-state index contributed by atoms with van der Waals surface area (Å²) in [5.41, 5.74) is 0.0273. The topological polar surface area (TPSA) is 41.6 Å². The van der Waals surface area contributed by atoms with E-state index in [1.165, 1.54) is 19.2 Å². The lowest BCUT2D eigenvalue weighted by atomic mass is 10.0. The molecular formula is C13H19FN2O2. The summed E-state index contributed by atoms with van der Waals surface area (Å²) in [6.45, 7) is 2.18. The SMILES string of the molecule is CNC(C)(CN(C)c1ccc(F)cc1)C(=O)OC. The number of ether oxygens (including phenoxy) is 1. The first-order valence-corrected chi connectivity index (χ1v) is 5.67. The summed E-state index contributed by atoms with van der Waals surface area (Å²) in [6.07, 6.45) is 0. The van der Waals surface area contributed by atoms with Gasteiger partial charge in [-0.25, -0.2) is 9.18 Å². The van der Waals surface area contributed by atoms with Crippen LogP contribution in [-0.2, 0) is 9.53 Å². The van der Waals surface area contributed by atoms with Crippen molar-refractivity contribution < 1.29 is 13.9 Å². The number of rotatable bonds is 5. The summed E-state index contributed by atoms with van der Waals surface area (Å²) >= 11 is 0. The van der Waals surface area contributed by atoms with Crippen LogP contribution in [0.5, 0.6) is 0 Å². The number of esters is 1. The molecule has 0 saturated carbocycles. The highest BCUT2D eigenvalue weighted by molar-refractivity contribution is 5.81. The van der Waals surface area contributed by atoms with Gasteiger partial charge in [-0.1, -0.05) is 0 Å². The van der Waals surface area contributed by atoms with Gasteiger partial charge in [0.25, 0.3) is 0 Å². The molecule has 1 rings (SSSR count). The predicted molar refractivity (Wildman–Crippen MR) is 69.2 cm³/mol. The molecule has 4 nitrogen and oxygen atoms in total. The Kier molecular flexibility index (Phi) is 4.67. The molecule has 0 aliphatic heterocycles. The quantitative estimate of drug-likeness (QED) is 0.807. The van der Waals surface area contributed by atoms with E-state index in [2.05, 4.69) is 5.32 Å². The van der Waals surface area contributed by atoms with Gasteiger partial charge >= 0.3 is 5.97 Å². The van der Waals surface area contributed by atoms with Crippen molar-refractivity contribution in [2.45, 2.75) is 12.5 Å². The van der Waals surface area contributed by atoms with Gasteiger partial charge in [-0.05, 0) is 38.2 Å². The van der Waals surface area contributed by atoms with Crippen molar-refractivity contribution in [1.82, 2.24) is 5.32 Å². The van der Waals surface area contributed by atoms with E-state index >= 15 is 0 Å². The highest BCUT2D eigenvalue weighted by Gasteiger charge is 2.34. The van der Waals surface area contributed by atoms with E-state index in [1.807, 2.05) is 11.9 Å². The average molecular weight is 254 g/mol. The second kappa shape index (κ2) is 5.82. The van der Waals surface area contributed by atoms with Gasteiger partial charge in [0.2, 0.25) is 0 Å². The van der Waals surface area contributed by atoms with Crippen LogP contribution in [0.25, 0.3) is 0 Å². The van der Waals surface area contributed by atoms with Crippen LogP contribution in [0.15, 0.2) is 24.3 Å². The second-order valence-electron chi connectivity index (χ2n) is 4.41. The minimum atomic E-state index is -0.808. The van der Waals surface area contributed by atoms with Gasteiger partial charge in [-0.2, -0.15) is 0 Å². The van der Waals surface area contributed by atoms with Gasteiger partial charge in [-0.15, -0.1) is 0 Å². The van der Waals surface area contributed by atoms with Crippen molar-refractivity contribution in [1.29, 1.82) is 0 Å². The van der Waals surface area contributed by atoms with Gasteiger partial charge in [-0.3, -0.25) is 0 Å². The first-order valence-electron chi connectivity index (χ1n) is 5.67. The minimum Gasteiger partial charge on any atom is -0.468 e. The van der Waals surface area contributed by atoms with Gasteiger partial charge < -0.3 is 15.0 Å². The van der Waals surface area contributed by atoms with Crippen LogP contribution in [0.1, 0.15) is 6.92 Å². The summed E-state index contributed by atoms with van der Waals surface area (Å²) in [6, 6.07) is 6.12. The number of nitrogens with one attached hydrogen (secondary N) is 1. The molecule has 0 aromatic heterocycles. The molecule has 0 heterocycles. The molecule has 18 heavy (non-hydrogen) atoms. The Morgan fingerprint density at radius 3 is 2.44 bits per heavy atom. The summed E-state index contributed by atoms with van der Waals surface area (Å²) in [5, 5.41) is 2.95. The fourth-order valence-corrected chi connectivity index (χ4v) is 1.73. The molecule has 0 fully saturated rings. The van der Waals surface area contributed by atoms with E-state index in [1.54, 1.807) is 26.1 Å². The maximum absolute atomic E-state index is 12.8. The molecule has 0 spiro atoms. The number of carbonyl (C=O) groups is 1. The lowest BCUT2D eigenvalue weighted by Crippen LogP contribution is -2.55. The lowest BCUT2D eigenvalue weighted by Gasteiger charge is -2.32. The maximum Gasteiger partial charge on any atom is 0.327 e. The number of nitrogens with zero attached hydrogens (tertiary/aromatic N) is 1. The number of benzene rings is 1. The molecule has 1 aromatic rings. The molecule has 1 N–H and O–H groups in total. The monoisotopic (exact) mass is 254 g/mol. The van der Waals surface area contributed by atoms with Crippen molar-refractivity contribution in [3.05, 3.63) is 30.1 Å². The van der Waals surface area contributed by atoms with Crippen molar-refractivity contribution >= 4 is 11.7 Å². The Labute approximate surface area is 107 Å². The zero-order valence-electron chi connectivity index (χ0n) is 11.2. The molecule has 0 saturated heterocycles. The van der Waals surface area contributed by atoms with Gasteiger partial charge in [0.1, 0.15) is 11.4 Å². The van der Waals surface area contributed by atoms with Gasteiger partial charge in [0, 0.05) is 19.3 Å². The molecule has 100 valence electrons. The molecule has 0 aliphatic rings. The number of halogens is 1. The summed E-state index contributed by atoms with van der Waals surface area (Å²) in [5.74, 6) is -0.615. The molecule has 0 radical (unpaired) electrons. The molecule has 1 unspecified atom stereocenters. The van der Waals surface area contributed by atoms with Crippen molar-refractivity contribution in [2.75, 3.05) is 32.6 Å². The highest BCUT2D eigenvalue weighted by Crippen LogP contribution is 2.17. The predicted octanol–water partition coefficient (Wildman–Crippen LogP) is 1.41. The molecule has 1 atom stereocenters. The van der Waals surface area contributed by atoms with E-state index in [0.29, 0.717) is 6.54 Å². The van der Waals surface area contributed by atoms with Crippen molar-refractivity contribution in [3.8, 4) is 0 Å². The van der Waals surface area contributed by atoms with Gasteiger partial charge in [0.15, 0.2) is 0 Å². The minimum absolute atomic E-state index is 0.281. The maximum atomic E-state index is 12.8. The van der Waals surface area contributed by atoms with Crippen LogP contribution >= 0.6 is 0 Å². The van der Waals surface area contributed by atoms with Crippen LogP contribution in [0, 0.1) is 5.82 Å². The summed E-state index contributed by atoms with van der Waals surface area (Å²) in [4.78, 5) is 13.6. The molecular weight excluding hydrogens is 235 g/mol. The standard InChI is InChI=1S/C13H19FN2O2/c1-13(15-2,12(17)18-4)9-16(3)11-7-5-10(14)6-8-11/h5-8,15H,9H2,1-4H3. The number of anilines is 1. The van der Waals surface area contributed by atoms with Crippen molar-refractivity contribution in [2.24, 2.45) is 0 Å². The first kappa shape index (κ1) is 14.4. The van der Waals surface area contributed by atoms with E-state index in [0.717, 1.165) is 5.69 Å². The number of hydrogen-bond donors (Lipinski definition) is 1. The Bertz CT molecular complexity index is 408. The Morgan fingerprint density at radius 2 is 2.00 bits per heavy atom. The Hall–Kier alpha value is -1.62. The largest absolute Gasteiger partial charge is 0.468 e. The first-order chi connectivity index (χ1) is 8.42. The summed E-state index contributed by atoms with van der Waals surface area (Å²) in [7, 11) is 4.90. The average Bonchev–Trinajstić information content (AvgIpc) is 2.38. The van der Waals surface area contributed by atoms with E-state index in [-0.39, 0.29) is 11.8 Å². The fraction of sp³-hybridized carbons (Fsp3) is 0.462. The zero-order chi connectivity index (χ0) is 13.8. The van der Waals surface area contributed by atoms with E-state index in [9.17, 15) is 9.18 Å². The van der Waals surface area contributed by atoms with Gasteiger partial charge in [0.05, 0.1) is 7.11 Å². The molecule has 0 bridgehead atoms. The fourth-order valence-electron chi connectivity index (χ4n) is 1.73. The third kappa shape index (κ3) is 3.20. The molecule has 0 amide bonds. The van der Waals surface area contributed by atoms with Crippen LogP contribution in [0.2, 0.25) is 0 Å². The molecule has 5 heteroatoms.